The van der Waals surface area contributed by atoms with E-state index in [4.69, 9.17) is 11.6 Å². The zero-order valence-corrected chi connectivity index (χ0v) is 10.2. The van der Waals surface area contributed by atoms with Crippen molar-refractivity contribution in [3.05, 3.63) is 27.8 Å². The number of rotatable bonds is 1. The van der Waals surface area contributed by atoms with Crippen LogP contribution in [0.3, 0.4) is 0 Å². The summed E-state index contributed by atoms with van der Waals surface area (Å²) in [5.41, 5.74) is 1.93. The molecule has 0 bridgehead atoms. The fourth-order valence-corrected chi connectivity index (χ4v) is 2.14. The van der Waals surface area contributed by atoms with E-state index < -0.39 is 0 Å². The largest absolute Gasteiger partial charge is 0.298 e. The number of halogens is 2. The lowest BCUT2D eigenvalue weighted by molar-refractivity contribution is 0.806. The van der Waals surface area contributed by atoms with Gasteiger partial charge in [-0.1, -0.05) is 25.4 Å². The first kappa shape index (κ1) is 9.93. The Morgan fingerprint density at radius 3 is 2.86 bits per heavy atom. The van der Waals surface area contributed by atoms with E-state index in [0.29, 0.717) is 15.7 Å². The van der Waals surface area contributed by atoms with Gasteiger partial charge in [-0.15, -0.1) is 0 Å². The summed E-state index contributed by atoms with van der Waals surface area (Å²) >= 11 is 9.20. The molecule has 2 aromatic rings. The molecule has 0 aromatic carbocycles. The van der Waals surface area contributed by atoms with E-state index in [2.05, 4.69) is 39.7 Å². The molecule has 5 heteroatoms. The maximum atomic E-state index is 5.87. The van der Waals surface area contributed by atoms with Gasteiger partial charge in [-0.2, -0.15) is 0 Å². The molecule has 3 nitrogen and oxygen atoms in total. The van der Waals surface area contributed by atoms with Crippen LogP contribution in [-0.2, 0) is 0 Å². The monoisotopic (exact) mass is 273 g/mol. The van der Waals surface area contributed by atoms with Crippen LogP contribution in [0.15, 0.2) is 17.0 Å². The minimum atomic E-state index is 0.412. The van der Waals surface area contributed by atoms with Gasteiger partial charge < -0.3 is 0 Å². The van der Waals surface area contributed by atoms with Gasteiger partial charge in [-0.05, 0) is 21.8 Å². The van der Waals surface area contributed by atoms with Crippen LogP contribution in [0.25, 0.3) is 5.65 Å². The summed E-state index contributed by atoms with van der Waals surface area (Å²) in [6, 6.07) is 0. The fraction of sp³-hybridized carbons (Fsp3) is 0.333. The van der Waals surface area contributed by atoms with Crippen molar-refractivity contribution >= 4 is 33.2 Å². The van der Waals surface area contributed by atoms with Crippen LogP contribution in [0.4, 0.5) is 0 Å². The average molecular weight is 275 g/mol. The van der Waals surface area contributed by atoms with Gasteiger partial charge in [0.25, 0.3) is 0 Å². The zero-order valence-electron chi connectivity index (χ0n) is 7.83. The molecule has 0 amide bonds. The molecule has 0 unspecified atom stereocenters. The highest BCUT2D eigenvalue weighted by molar-refractivity contribution is 9.10. The van der Waals surface area contributed by atoms with Gasteiger partial charge in [0.2, 0.25) is 0 Å². The molecule has 0 saturated heterocycles. The number of hydrogen-bond acceptors (Lipinski definition) is 2. The Morgan fingerprint density at radius 2 is 2.21 bits per heavy atom. The van der Waals surface area contributed by atoms with E-state index in [1.807, 2.05) is 10.6 Å². The zero-order chi connectivity index (χ0) is 10.3. The molecule has 0 aliphatic heterocycles. The molecule has 2 aromatic heterocycles. The first-order chi connectivity index (χ1) is 6.59. The standard InChI is InChI=1S/C9H9BrClN3/c1-5(2)6-3-12-9-8(10)13-7(11)4-14(6)9/h3-5H,1-2H3. The molecule has 74 valence electrons. The second-order valence-electron chi connectivity index (χ2n) is 3.39. The fourth-order valence-electron chi connectivity index (χ4n) is 1.37. The Labute approximate surface area is 95.3 Å². The highest BCUT2D eigenvalue weighted by atomic mass is 79.9. The Balaban J connectivity index is 2.78. The lowest BCUT2D eigenvalue weighted by atomic mass is 10.1. The first-order valence-corrected chi connectivity index (χ1v) is 5.45. The molecule has 0 spiro atoms. The highest BCUT2D eigenvalue weighted by Gasteiger charge is 2.10. The smallest absolute Gasteiger partial charge is 0.170 e. The molecular formula is C9H9BrClN3. The summed E-state index contributed by atoms with van der Waals surface area (Å²) in [7, 11) is 0. The van der Waals surface area contributed by atoms with Crippen molar-refractivity contribution in [3.63, 3.8) is 0 Å². The van der Waals surface area contributed by atoms with Crippen LogP contribution < -0.4 is 0 Å². The summed E-state index contributed by atoms with van der Waals surface area (Å²) in [5.74, 6) is 0.412. The maximum Gasteiger partial charge on any atom is 0.170 e. The van der Waals surface area contributed by atoms with Crippen LogP contribution in [0.2, 0.25) is 5.15 Å². The minimum absolute atomic E-state index is 0.412. The van der Waals surface area contributed by atoms with Gasteiger partial charge in [0.1, 0.15) is 5.15 Å². The molecule has 2 heterocycles. The molecule has 0 atom stereocenters. The number of imidazole rings is 1. The third-order valence-corrected chi connectivity index (χ3v) is 2.76. The quantitative estimate of drug-likeness (QED) is 0.799. The predicted octanol–water partition coefficient (Wildman–Crippen LogP) is 3.27. The molecule has 2 rings (SSSR count). The van der Waals surface area contributed by atoms with Crippen LogP contribution in [0.1, 0.15) is 25.5 Å². The second kappa shape index (κ2) is 3.51. The van der Waals surface area contributed by atoms with Crippen molar-refractivity contribution < 1.29 is 0 Å². The molecule has 14 heavy (non-hydrogen) atoms. The number of nitrogens with zero attached hydrogens (tertiary/aromatic N) is 3. The van der Waals surface area contributed by atoms with Gasteiger partial charge in [-0.3, -0.25) is 4.40 Å². The van der Waals surface area contributed by atoms with E-state index in [0.717, 1.165) is 11.3 Å². The second-order valence-corrected chi connectivity index (χ2v) is 4.52. The van der Waals surface area contributed by atoms with Crippen molar-refractivity contribution in [2.24, 2.45) is 0 Å². The van der Waals surface area contributed by atoms with E-state index >= 15 is 0 Å². The Bertz CT molecular complexity index is 478. The Hall–Kier alpha value is -0.610. The first-order valence-electron chi connectivity index (χ1n) is 4.28. The minimum Gasteiger partial charge on any atom is -0.298 e. The molecule has 0 aliphatic carbocycles. The van der Waals surface area contributed by atoms with E-state index in [1.165, 1.54) is 0 Å². The van der Waals surface area contributed by atoms with Gasteiger partial charge in [0.05, 0.1) is 0 Å². The van der Waals surface area contributed by atoms with Gasteiger partial charge in [0.15, 0.2) is 10.3 Å². The van der Waals surface area contributed by atoms with Crippen molar-refractivity contribution in [2.75, 3.05) is 0 Å². The average Bonchev–Trinajstić information content (AvgIpc) is 2.47. The van der Waals surface area contributed by atoms with Gasteiger partial charge in [-0.25, -0.2) is 9.97 Å². The predicted molar refractivity (Wildman–Crippen MR) is 59.8 cm³/mol. The van der Waals surface area contributed by atoms with Crippen molar-refractivity contribution in [1.29, 1.82) is 0 Å². The van der Waals surface area contributed by atoms with Crippen LogP contribution in [0.5, 0.6) is 0 Å². The van der Waals surface area contributed by atoms with E-state index in [1.54, 1.807) is 6.20 Å². The summed E-state index contributed by atoms with van der Waals surface area (Å²) in [4.78, 5) is 8.35. The number of hydrogen-bond donors (Lipinski definition) is 0. The summed E-state index contributed by atoms with van der Waals surface area (Å²) < 4.78 is 2.64. The number of aromatic nitrogens is 3. The molecule has 0 fully saturated rings. The SMILES string of the molecule is CC(C)c1cnc2c(Br)nc(Cl)cn12. The topological polar surface area (TPSA) is 30.2 Å². The Morgan fingerprint density at radius 1 is 1.50 bits per heavy atom. The molecule has 0 saturated carbocycles. The summed E-state index contributed by atoms with van der Waals surface area (Å²) in [6.07, 6.45) is 3.63. The van der Waals surface area contributed by atoms with Crippen molar-refractivity contribution in [3.8, 4) is 0 Å². The lowest BCUT2D eigenvalue weighted by Gasteiger charge is -2.05. The summed E-state index contributed by atoms with van der Waals surface area (Å²) in [5, 5.41) is 0.462. The lowest BCUT2D eigenvalue weighted by Crippen LogP contribution is -1.96. The van der Waals surface area contributed by atoms with Crippen LogP contribution in [0, 0.1) is 0 Å². The number of fused-ring (bicyclic) bond motifs is 1. The molecule has 0 aliphatic rings. The summed E-state index contributed by atoms with van der Waals surface area (Å²) in [6.45, 7) is 4.23. The van der Waals surface area contributed by atoms with Gasteiger partial charge in [0, 0.05) is 18.1 Å². The van der Waals surface area contributed by atoms with Crippen molar-refractivity contribution in [2.45, 2.75) is 19.8 Å². The van der Waals surface area contributed by atoms with Gasteiger partial charge >= 0.3 is 0 Å². The maximum absolute atomic E-state index is 5.87. The van der Waals surface area contributed by atoms with E-state index in [-0.39, 0.29) is 0 Å². The molecule has 0 radical (unpaired) electrons. The van der Waals surface area contributed by atoms with Crippen LogP contribution >= 0.6 is 27.5 Å². The van der Waals surface area contributed by atoms with E-state index in [9.17, 15) is 0 Å². The molecule has 0 N–H and O–H groups in total. The third kappa shape index (κ3) is 1.53. The van der Waals surface area contributed by atoms with Crippen molar-refractivity contribution in [1.82, 2.24) is 14.4 Å². The third-order valence-electron chi connectivity index (χ3n) is 2.04. The van der Waals surface area contributed by atoms with Crippen LogP contribution in [-0.4, -0.2) is 14.4 Å². The highest BCUT2D eigenvalue weighted by Crippen LogP contribution is 2.22. The molecular weight excluding hydrogens is 265 g/mol. The Kier molecular flexibility index (Phi) is 2.49. The normalized spacial score (nSPS) is 11.5.